The van der Waals surface area contributed by atoms with Crippen LogP contribution < -0.4 is 9.04 Å². The molecule has 0 aliphatic carbocycles. The SMILES string of the molecule is COc1ccc(Cl)cc1N(C(C)C(=O)Cl)S(C)(=O)=O. The van der Waals surface area contributed by atoms with Gasteiger partial charge < -0.3 is 4.74 Å². The number of benzene rings is 1. The molecule has 0 aromatic heterocycles. The van der Waals surface area contributed by atoms with E-state index in [2.05, 4.69) is 0 Å². The lowest BCUT2D eigenvalue weighted by Gasteiger charge is -2.28. The number of rotatable bonds is 5. The van der Waals surface area contributed by atoms with E-state index in [9.17, 15) is 13.2 Å². The topological polar surface area (TPSA) is 63.7 Å². The zero-order valence-electron chi connectivity index (χ0n) is 10.6. The molecule has 1 aromatic carbocycles. The van der Waals surface area contributed by atoms with Crippen LogP contribution in [0, 0.1) is 0 Å². The number of hydrogen-bond donors (Lipinski definition) is 0. The molecular weight excluding hydrogens is 313 g/mol. The maximum absolute atomic E-state index is 11.9. The first-order valence-electron chi connectivity index (χ1n) is 5.20. The molecule has 19 heavy (non-hydrogen) atoms. The van der Waals surface area contributed by atoms with Crippen LogP contribution in [0.3, 0.4) is 0 Å². The van der Waals surface area contributed by atoms with Crippen LogP contribution in [0.1, 0.15) is 6.92 Å². The maximum Gasteiger partial charge on any atom is 0.245 e. The van der Waals surface area contributed by atoms with Gasteiger partial charge in [0.1, 0.15) is 11.8 Å². The molecule has 106 valence electrons. The second-order valence-corrected chi connectivity index (χ2v) is 6.52. The van der Waals surface area contributed by atoms with Gasteiger partial charge in [-0.2, -0.15) is 0 Å². The van der Waals surface area contributed by atoms with Crippen LogP contribution >= 0.6 is 23.2 Å². The number of ether oxygens (including phenoxy) is 1. The summed E-state index contributed by atoms with van der Waals surface area (Å²) in [5, 5.41) is -0.480. The summed E-state index contributed by atoms with van der Waals surface area (Å²) < 4.78 is 29.7. The summed E-state index contributed by atoms with van der Waals surface area (Å²) in [6.07, 6.45) is 0.976. The summed E-state index contributed by atoms with van der Waals surface area (Å²) >= 11 is 11.3. The standard InChI is InChI=1S/C11H13Cl2NO4S/c1-7(11(13)15)14(19(3,16)17)9-6-8(12)4-5-10(9)18-2/h4-7H,1-3H3. The summed E-state index contributed by atoms with van der Waals surface area (Å²) in [5.41, 5.74) is 0.166. The lowest BCUT2D eigenvalue weighted by molar-refractivity contribution is -0.112. The maximum atomic E-state index is 11.9. The van der Waals surface area contributed by atoms with Crippen LogP contribution in [0.4, 0.5) is 5.69 Å². The van der Waals surface area contributed by atoms with Crippen molar-refractivity contribution in [1.29, 1.82) is 0 Å². The second kappa shape index (κ2) is 5.98. The monoisotopic (exact) mass is 325 g/mol. The molecule has 1 aromatic rings. The molecule has 0 aliphatic rings. The van der Waals surface area contributed by atoms with E-state index in [4.69, 9.17) is 27.9 Å². The van der Waals surface area contributed by atoms with Crippen molar-refractivity contribution < 1.29 is 17.9 Å². The summed E-state index contributed by atoms with van der Waals surface area (Å²) in [6.45, 7) is 1.39. The van der Waals surface area contributed by atoms with Gasteiger partial charge in [0.15, 0.2) is 0 Å². The Bertz CT molecular complexity index is 588. The molecule has 1 rings (SSSR count). The molecular formula is C11H13Cl2NO4S. The minimum absolute atomic E-state index is 0.166. The third kappa shape index (κ3) is 3.75. The van der Waals surface area contributed by atoms with Crippen molar-refractivity contribution in [3.8, 4) is 5.75 Å². The molecule has 0 spiro atoms. The molecule has 1 atom stereocenters. The fourth-order valence-electron chi connectivity index (χ4n) is 1.60. The minimum atomic E-state index is -3.72. The predicted molar refractivity (Wildman–Crippen MR) is 75.6 cm³/mol. The quantitative estimate of drug-likeness (QED) is 0.779. The highest BCUT2D eigenvalue weighted by Gasteiger charge is 2.30. The Balaban J connectivity index is 3.50. The molecule has 0 radical (unpaired) electrons. The average Bonchev–Trinajstić information content (AvgIpc) is 2.27. The van der Waals surface area contributed by atoms with E-state index in [1.54, 1.807) is 6.07 Å². The van der Waals surface area contributed by atoms with Gasteiger partial charge in [0.05, 0.1) is 19.1 Å². The number of halogens is 2. The van der Waals surface area contributed by atoms with E-state index >= 15 is 0 Å². The molecule has 0 amide bonds. The van der Waals surface area contributed by atoms with Gasteiger partial charge in [-0.25, -0.2) is 8.42 Å². The Kier molecular flexibility index (Phi) is 5.06. The zero-order chi connectivity index (χ0) is 14.8. The normalized spacial score (nSPS) is 12.9. The minimum Gasteiger partial charge on any atom is -0.495 e. The summed E-state index contributed by atoms with van der Waals surface area (Å²) in [7, 11) is -2.33. The number of anilines is 1. The van der Waals surface area contributed by atoms with Crippen LogP contribution in [0.5, 0.6) is 5.75 Å². The number of sulfonamides is 1. The Morgan fingerprint density at radius 2 is 2.00 bits per heavy atom. The number of methoxy groups -OCH3 is 1. The average molecular weight is 326 g/mol. The van der Waals surface area contributed by atoms with Crippen molar-refractivity contribution in [3.63, 3.8) is 0 Å². The molecule has 0 saturated heterocycles. The highest BCUT2D eigenvalue weighted by molar-refractivity contribution is 7.92. The molecule has 0 heterocycles. The van der Waals surface area contributed by atoms with Gasteiger partial charge in [-0.05, 0) is 36.7 Å². The lowest BCUT2D eigenvalue weighted by atomic mass is 10.2. The van der Waals surface area contributed by atoms with Crippen LogP contribution in [0.25, 0.3) is 0 Å². The van der Waals surface area contributed by atoms with Crippen LogP contribution in [-0.2, 0) is 14.8 Å². The predicted octanol–water partition coefficient (Wildman–Crippen LogP) is 2.27. The van der Waals surface area contributed by atoms with Crippen molar-refractivity contribution in [1.82, 2.24) is 0 Å². The van der Waals surface area contributed by atoms with Gasteiger partial charge in [0.25, 0.3) is 0 Å². The molecule has 0 bridgehead atoms. The molecule has 1 unspecified atom stereocenters. The van der Waals surface area contributed by atoms with E-state index in [-0.39, 0.29) is 11.4 Å². The van der Waals surface area contributed by atoms with Gasteiger partial charge in [-0.15, -0.1) is 0 Å². The fourth-order valence-corrected chi connectivity index (χ4v) is 3.09. The first kappa shape index (κ1) is 16.1. The van der Waals surface area contributed by atoms with E-state index in [0.29, 0.717) is 5.02 Å². The molecule has 0 fully saturated rings. The Morgan fingerprint density at radius 3 is 2.42 bits per heavy atom. The summed E-state index contributed by atoms with van der Waals surface area (Å²) in [6, 6.07) is 3.40. The fraction of sp³-hybridized carbons (Fsp3) is 0.364. The number of hydrogen-bond acceptors (Lipinski definition) is 4. The van der Waals surface area contributed by atoms with E-state index < -0.39 is 21.3 Å². The number of carbonyl (C=O) groups excluding carboxylic acids is 1. The summed E-state index contributed by atoms with van der Waals surface area (Å²) in [5.74, 6) is 0.277. The van der Waals surface area contributed by atoms with Crippen molar-refractivity contribution in [2.75, 3.05) is 17.7 Å². The first-order valence-corrected chi connectivity index (χ1v) is 7.81. The summed E-state index contributed by atoms with van der Waals surface area (Å²) in [4.78, 5) is 11.3. The molecule has 0 saturated carbocycles. The third-order valence-electron chi connectivity index (χ3n) is 2.42. The van der Waals surface area contributed by atoms with Gasteiger partial charge in [0, 0.05) is 5.02 Å². The lowest BCUT2D eigenvalue weighted by Crippen LogP contribution is -2.41. The molecule has 0 aliphatic heterocycles. The largest absolute Gasteiger partial charge is 0.495 e. The Labute approximate surface area is 122 Å². The first-order chi connectivity index (χ1) is 8.68. The van der Waals surface area contributed by atoms with Gasteiger partial charge in [-0.1, -0.05) is 11.6 Å². The molecule has 8 heteroatoms. The van der Waals surface area contributed by atoms with E-state index in [0.717, 1.165) is 10.6 Å². The highest BCUT2D eigenvalue weighted by Crippen LogP contribution is 2.34. The van der Waals surface area contributed by atoms with Crippen molar-refractivity contribution in [2.24, 2.45) is 0 Å². The van der Waals surface area contributed by atoms with Crippen molar-refractivity contribution in [3.05, 3.63) is 23.2 Å². The molecule has 5 nitrogen and oxygen atoms in total. The van der Waals surface area contributed by atoms with E-state index in [1.807, 2.05) is 0 Å². The van der Waals surface area contributed by atoms with Gasteiger partial charge in [0.2, 0.25) is 15.3 Å². The number of carbonyl (C=O) groups is 1. The third-order valence-corrected chi connectivity index (χ3v) is 4.19. The Morgan fingerprint density at radius 1 is 1.42 bits per heavy atom. The molecule has 0 N–H and O–H groups in total. The van der Waals surface area contributed by atoms with Gasteiger partial charge in [-0.3, -0.25) is 9.10 Å². The van der Waals surface area contributed by atoms with Crippen LogP contribution in [0.15, 0.2) is 18.2 Å². The second-order valence-electron chi connectivity index (χ2n) is 3.86. The zero-order valence-corrected chi connectivity index (χ0v) is 12.9. The highest BCUT2D eigenvalue weighted by atomic mass is 35.5. The smallest absolute Gasteiger partial charge is 0.245 e. The van der Waals surface area contributed by atoms with Crippen molar-refractivity contribution in [2.45, 2.75) is 13.0 Å². The van der Waals surface area contributed by atoms with Crippen LogP contribution in [0.2, 0.25) is 5.02 Å². The van der Waals surface area contributed by atoms with Crippen LogP contribution in [-0.4, -0.2) is 33.1 Å². The van der Waals surface area contributed by atoms with Crippen molar-refractivity contribution >= 4 is 44.2 Å². The Hall–Kier alpha value is -0.980. The van der Waals surface area contributed by atoms with Gasteiger partial charge >= 0.3 is 0 Å². The van der Waals surface area contributed by atoms with E-state index in [1.165, 1.54) is 26.2 Å². The number of nitrogens with zero attached hydrogens (tertiary/aromatic N) is 1.